The topological polar surface area (TPSA) is 67.3 Å². The Morgan fingerprint density at radius 2 is 2.00 bits per heavy atom. The van der Waals surface area contributed by atoms with Crippen molar-refractivity contribution in [1.82, 2.24) is 10.0 Å². The highest BCUT2D eigenvalue weighted by Crippen LogP contribution is 2.52. The molecule has 1 saturated heterocycles. The van der Waals surface area contributed by atoms with Crippen LogP contribution < -0.4 is 10.0 Å². The molecular formula is C17H26N2O2S. The molecule has 0 aromatic heterocycles. The zero-order valence-corrected chi connectivity index (χ0v) is 14.4. The number of rotatable bonds is 2. The summed E-state index contributed by atoms with van der Waals surface area (Å²) in [4.78, 5) is 0. The number of nitrogens with one attached hydrogen (secondary N) is 2. The first kappa shape index (κ1) is 16.1. The molecular weight excluding hydrogens is 296 g/mol. The van der Waals surface area contributed by atoms with Crippen LogP contribution >= 0.6 is 0 Å². The molecule has 5 heteroatoms. The quantitative estimate of drug-likeness (QED) is 0.732. The van der Waals surface area contributed by atoms with Gasteiger partial charge in [0.1, 0.15) is 10.5 Å². The average Bonchev–Trinajstić information content (AvgIpc) is 2.72. The van der Waals surface area contributed by atoms with E-state index in [2.05, 4.69) is 10.0 Å². The van der Waals surface area contributed by atoms with E-state index in [1.54, 1.807) is 6.07 Å². The summed E-state index contributed by atoms with van der Waals surface area (Å²) in [5.41, 5.74) is 2.52. The van der Waals surface area contributed by atoms with Crippen molar-refractivity contribution in [2.45, 2.75) is 50.8 Å². The lowest BCUT2D eigenvalue weighted by Gasteiger charge is -2.40. The van der Waals surface area contributed by atoms with E-state index in [9.17, 15) is 9.66 Å². The van der Waals surface area contributed by atoms with Crippen LogP contribution in [-0.2, 0) is 17.8 Å². The highest BCUT2D eigenvalue weighted by Gasteiger charge is 2.49. The molecule has 1 unspecified atom stereocenters. The zero-order valence-electron chi connectivity index (χ0n) is 13.6. The minimum atomic E-state index is -1.12. The Bertz CT molecular complexity index is 550. The third kappa shape index (κ3) is 2.87. The van der Waals surface area contributed by atoms with E-state index in [1.807, 2.05) is 32.9 Å². The van der Waals surface area contributed by atoms with Crippen LogP contribution in [0.5, 0.6) is 5.75 Å². The van der Waals surface area contributed by atoms with Crippen molar-refractivity contribution in [2.24, 2.45) is 5.41 Å². The van der Waals surface area contributed by atoms with Gasteiger partial charge < -0.3 is 15.0 Å². The van der Waals surface area contributed by atoms with Gasteiger partial charge in [0, 0.05) is 16.8 Å². The first-order valence-electron chi connectivity index (χ1n) is 8.02. The van der Waals surface area contributed by atoms with Crippen LogP contribution in [0.25, 0.3) is 0 Å². The molecule has 4 nitrogen and oxygen atoms in total. The zero-order chi connectivity index (χ0) is 16.0. The summed E-state index contributed by atoms with van der Waals surface area (Å²) >= 11 is -1.12. The first-order chi connectivity index (χ1) is 10.3. The van der Waals surface area contributed by atoms with Crippen molar-refractivity contribution < 1.29 is 9.66 Å². The number of fused-ring (bicyclic) bond motifs is 1. The second-order valence-corrected chi connectivity index (χ2v) is 9.60. The smallest absolute Gasteiger partial charge is 0.136 e. The van der Waals surface area contributed by atoms with Gasteiger partial charge in [0.05, 0.1) is 6.04 Å². The number of phenols is 1. The Morgan fingerprint density at radius 3 is 2.64 bits per heavy atom. The number of phenolic OH excluding ortho intramolecular Hbond substituents is 1. The molecule has 1 aromatic carbocycles. The summed E-state index contributed by atoms with van der Waals surface area (Å²) in [6, 6.07) is 5.69. The molecule has 1 heterocycles. The minimum absolute atomic E-state index is 0.0526. The molecule has 1 aliphatic carbocycles. The van der Waals surface area contributed by atoms with Gasteiger partial charge in [-0.3, -0.25) is 0 Å². The van der Waals surface area contributed by atoms with Gasteiger partial charge in [0.25, 0.3) is 0 Å². The molecule has 1 aliphatic heterocycles. The van der Waals surface area contributed by atoms with Gasteiger partial charge in [0.2, 0.25) is 0 Å². The normalized spacial score (nSPS) is 25.2. The molecule has 0 bridgehead atoms. The summed E-state index contributed by atoms with van der Waals surface area (Å²) in [5.74, 6) is 0.290. The Balaban J connectivity index is 1.95. The molecule has 0 amide bonds. The highest BCUT2D eigenvalue weighted by atomic mass is 32.2. The number of piperidine rings is 1. The molecule has 1 aromatic rings. The standard InChI is InChI=1S/C17H26N2O2S/c1-16(2,3)22(21)19-15-14-10-13(20)5-4-12(14)11-17(15)6-8-18-9-7-17/h4-5,10,15,18-20H,6-9,11H2,1-3H3/t15-,22?/m1/s1. The number of benzene rings is 1. The second-order valence-electron chi connectivity index (χ2n) is 7.60. The average molecular weight is 322 g/mol. The van der Waals surface area contributed by atoms with Crippen molar-refractivity contribution in [3.63, 3.8) is 0 Å². The van der Waals surface area contributed by atoms with Crippen molar-refractivity contribution in [1.29, 1.82) is 0 Å². The molecule has 0 radical (unpaired) electrons. The number of aromatic hydroxyl groups is 1. The highest BCUT2D eigenvalue weighted by molar-refractivity contribution is 7.90. The predicted molar refractivity (Wildman–Crippen MR) is 90.1 cm³/mol. The van der Waals surface area contributed by atoms with E-state index < -0.39 is 11.4 Å². The minimum Gasteiger partial charge on any atom is -0.598 e. The van der Waals surface area contributed by atoms with Crippen molar-refractivity contribution in [3.8, 4) is 5.75 Å². The van der Waals surface area contributed by atoms with Gasteiger partial charge in [-0.15, -0.1) is 4.72 Å². The second kappa shape index (κ2) is 5.71. The van der Waals surface area contributed by atoms with Crippen LogP contribution in [0.15, 0.2) is 18.2 Å². The molecule has 1 spiro atoms. The lowest BCUT2D eigenvalue weighted by molar-refractivity contribution is 0.163. The lowest BCUT2D eigenvalue weighted by atomic mass is 9.73. The SMILES string of the molecule is CC(C)(C)[S+]([O-])N[C@@H]1c2cc(O)ccc2CC12CCNCC2. The summed E-state index contributed by atoms with van der Waals surface area (Å²) < 4.78 is 15.8. The van der Waals surface area contributed by atoms with Crippen LogP contribution in [0.2, 0.25) is 0 Å². The van der Waals surface area contributed by atoms with Gasteiger partial charge in [-0.25, -0.2) is 0 Å². The monoisotopic (exact) mass is 322 g/mol. The fraction of sp³-hybridized carbons (Fsp3) is 0.647. The molecule has 22 heavy (non-hydrogen) atoms. The fourth-order valence-corrected chi connectivity index (χ4v) is 4.63. The van der Waals surface area contributed by atoms with Gasteiger partial charge >= 0.3 is 0 Å². The van der Waals surface area contributed by atoms with E-state index in [4.69, 9.17) is 0 Å². The Labute approximate surface area is 136 Å². The van der Waals surface area contributed by atoms with Gasteiger partial charge in [-0.2, -0.15) is 0 Å². The fourth-order valence-electron chi connectivity index (χ4n) is 3.69. The molecule has 122 valence electrons. The molecule has 3 N–H and O–H groups in total. The predicted octanol–water partition coefficient (Wildman–Crippen LogP) is 2.41. The van der Waals surface area contributed by atoms with E-state index in [1.165, 1.54) is 5.56 Å². The van der Waals surface area contributed by atoms with Crippen LogP contribution in [-0.4, -0.2) is 27.5 Å². The third-order valence-electron chi connectivity index (χ3n) is 4.98. The third-order valence-corrected chi connectivity index (χ3v) is 6.54. The molecule has 2 aliphatic rings. The van der Waals surface area contributed by atoms with Crippen LogP contribution in [0, 0.1) is 5.41 Å². The molecule has 1 fully saturated rings. The summed E-state index contributed by atoms with van der Waals surface area (Å²) in [7, 11) is 0. The van der Waals surface area contributed by atoms with Crippen LogP contribution in [0.1, 0.15) is 50.8 Å². The lowest BCUT2D eigenvalue weighted by Crippen LogP contribution is -2.48. The number of hydrogen-bond acceptors (Lipinski definition) is 4. The van der Waals surface area contributed by atoms with E-state index in [0.29, 0.717) is 0 Å². The van der Waals surface area contributed by atoms with E-state index >= 15 is 0 Å². The van der Waals surface area contributed by atoms with Crippen LogP contribution in [0.4, 0.5) is 0 Å². The first-order valence-corrected chi connectivity index (χ1v) is 9.17. The maximum atomic E-state index is 12.7. The summed E-state index contributed by atoms with van der Waals surface area (Å²) in [6.45, 7) is 7.97. The number of hydrogen-bond donors (Lipinski definition) is 3. The van der Waals surface area contributed by atoms with Gasteiger partial charge in [-0.1, -0.05) is 6.07 Å². The maximum Gasteiger partial charge on any atom is 0.136 e. The van der Waals surface area contributed by atoms with Crippen molar-refractivity contribution >= 4 is 11.4 Å². The molecule has 0 saturated carbocycles. The largest absolute Gasteiger partial charge is 0.598 e. The van der Waals surface area contributed by atoms with E-state index in [0.717, 1.165) is 37.9 Å². The van der Waals surface area contributed by atoms with E-state index in [-0.39, 0.29) is 22.0 Å². The summed E-state index contributed by atoms with van der Waals surface area (Å²) in [6.07, 6.45) is 3.15. The molecule has 2 atom stereocenters. The Morgan fingerprint density at radius 1 is 1.32 bits per heavy atom. The van der Waals surface area contributed by atoms with Gasteiger partial charge in [0.15, 0.2) is 0 Å². The van der Waals surface area contributed by atoms with Crippen molar-refractivity contribution in [2.75, 3.05) is 13.1 Å². The van der Waals surface area contributed by atoms with Gasteiger partial charge in [-0.05, 0) is 76.4 Å². The Hall–Kier alpha value is -0.750. The van der Waals surface area contributed by atoms with Crippen molar-refractivity contribution in [3.05, 3.63) is 29.3 Å². The van der Waals surface area contributed by atoms with Crippen LogP contribution in [0.3, 0.4) is 0 Å². The Kier molecular flexibility index (Phi) is 4.18. The maximum absolute atomic E-state index is 12.7. The molecule has 3 rings (SSSR count). The summed E-state index contributed by atoms with van der Waals surface area (Å²) in [5, 5.41) is 13.3.